The quantitative estimate of drug-likeness (QED) is 0.663. The predicted octanol–water partition coefficient (Wildman–Crippen LogP) is 2.39. The molecule has 0 unspecified atom stereocenters. The van der Waals surface area contributed by atoms with Crippen LogP contribution < -0.4 is 0 Å². The van der Waals surface area contributed by atoms with Crippen molar-refractivity contribution >= 4 is 23.6 Å². The van der Waals surface area contributed by atoms with Crippen LogP contribution in [0.2, 0.25) is 0 Å². The van der Waals surface area contributed by atoms with E-state index in [2.05, 4.69) is 0 Å². The van der Waals surface area contributed by atoms with Crippen LogP contribution in [0, 0.1) is 0 Å². The molecular weight excluding hydrogens is 436 g/mol. The van der Waals surface area contributed by atoms with Gasteiger partial charge in [0, 0.05) is 0 Å². The molecule has 4 atom stereocenters. The number of nitrogens with zero attached hydrogens (tertiary/aromatic N) is 2. The Labute approximate surface area is 196 Å². The third kappa shape index (κ3) is 3.54. The van der Waals surface area contributed by atoms with Gasteiger partial charge in [0.15, 0.2) is 0 Å². The van der Waals surface area contributed by atoms with E-state index in [4.69, 9.17) is 0 Å². The predicted molar refractivity (Wildman–Crippen MR) is 121 cm³/mol. The fraction of sp³-hybridized carbons (Fsp3) is 0.385. The number of rotatable bonds is 2. The smallest absolute Gasteiger partial charge is 0.261 e. The average molecular weight is 463 g/mol. The fourth-order valence-corrected chi connectivity index (χ4v) is 5.46. The molecule has 0 saturated heterocycles. The van der Waals surface area contributed by atoms with Crippen LogP contribution in [0.1, 0.15) is 80.0 Å². The van der Waals surface area contributed by atoms with Crippen molar-refractivity contribution in [2.24, 2.45) is 0 Å². The third-order valence-corrected chi connectivity index (χ3v) is 7.20. The highest BCUT2D eigenvalue weighted by atomic mass is 16.3. The first-order valence-corrected chi connectivity index (χ1v) is 11.7. The van der Waals surface area contributed by atoms with Gasteiger partial charge >= 0.3 is 0 Å². The highest BCUT2D eigenvalue weighted by Crippen LogP contribution is 2.33. The van der Waals surface area contributed by atoms with E-state index in [0.29, 0.717) is 47.9 Å². The Morgan fingerprint density at radius 2 is 0.824 bits per heavy atom. The van der Waals surface area contributed by atoms with Crippen LogP contribution in [0.5, 0.6) is 0 Å². The molecular formula is C26H26N2O6. The molecule has 0 radical (unpaired) electrons. The maximum atomic E-state index is 12.1. The van der Waals surface area contributed by atoms with E-state index in [1.165, 1.54) is 9.80 Å². The number of aliphatic hydroxyl groups excluding tert-OH is 2. The lowest BCUT2D eigenvalue weighted by Crippen LogP contribution is -2.44. The second kappa shape index (κ2) is 8.77. The lowest BCUT2D eigenvalue weighted by Gasteiger charge is -2.24. The van der Waals surface area contributed by atoms with Crippen molar-refractivity contribution in [3.05, 3.63) is 70.8 Å². The van der Waals surface area contributed by atoms with E-state index in [0.717, 1.165) is 12.8 Å². The number of imide groups is 2. The van der Waals surface area contributed by atoms with Crippen molar-refractivity contribution in [2.75, 3.05) is 0 Å². The van der Waals surface area contributed by atoms with Gasteiger partial charge in [-0.1, -0.05) is 24.3 Å². The number of carbonyl (C=O) groups excluding carboxylic acids is 4. The maximum absolute atomic E-state index is 12.1. The number of carbonyl (C=O) groups is 4. The van der Waals surface area contributed by atoms with Crippen molar-refractivity contribution < 1.29 is 29.4 Å². The normalized spacial score (nSPS) is 27.7. The Hall–Kier alpha value is -3.36. The molecule has 2 aromatic rings. The van der Waals surface area contributed by atoms with Gasteiger partial charge in [-0.25, -0.2) is 0 Å². The van der Waals surface area contributed by atoms with Gasteiger partial charge in [0.05, 0.1) is 46.5 Å². The van der Waals surface area contributed by atoms with Crippen molar-refractivity contribution in [2.45, 2.75) is 62.8 Å². The van der Waals surface area contributed by atoms with Gasteiger partial charge in [-0.2, -0.15) is 0 Å². The first-order chi connectivity index (χ1) is 16.4. The summed E-state index contributed by atoms with van der Waals surface area (Å²) in [7, 11) is 0. The SMILES string of the molecule is O=C1c2ccccc2C(=O)N1[C@@H]1CCC[C@H]1O.O=C1c2ccccc2C(=O)N1[C@H]1CCC[C@@H]1O. The van der Waals surface area contributed by atoms with Crippen molar-refractivity contribution in [3.8, 4) is 0 Å². The molecule has 2 aliphatic heterocycles. The van der Waals surface area contributed by atoms with Gasteiger partial charge in [0.2, 0.25) is 0 Å². The van der Waals surface area contributed by atoms with Crippen LogP contribution >= 0.6 is 0 Å². The minimum atomic E-state index is -0.572. The molecule has 0 bridgehead atoms. The zero-order chi connectivity index (χ0) is 24.0. The van der Waals surface area contributed by atoms with Crippen LogP contribution in [0.25, 0.3) is 0 Å². The number of benzene rings is 2. The van der Waals surface area contributed by atoms with E-state index in [9.17, 15) is 29.4 Å². The monoisotopic (exact) mass is 462 g/mol. The molecule has 4 amide bonds. The Morgan fingerprint density at radius 1 is 0.529 bits per heavy atom. The summed E-state index contributed by atoms with van der Waals surface area (Å²) in [5.74, 6) is -1.07. The number of amides is 4. The van der Waals surface area contributed by atoms with Crippen LogP contribution in [0.15, 0.2) is 48.5 Å². The highest BCUT2D eigenvalue weighted by Gasteiger charge is 2.44. The Morgan fingerprint density at radius 3 is 1.06 bits per heavy atom. The fourth-order valence-electron chi connectivity index (χ4n) is 5.46. The molecule has 4 aliphatic rings. The topological polar surface area (TPSA) is 115 Å². The third-order valence-electron chi connectivity index (χ3n) is 7.20. The van der Waals surface area contributed by atoms with E-state index >= 15 is 0 Å². The van der Waals surface area contributed by atoms with E-state index < -0.39 is 12.2 Å². The summed E-state index contributed by atoms with van der Waals surface area (Å²) in [6.45, 7) is 0. The van der Waals surface area contributed by atoms with Gasteiger partial charge in [-0.3, -0.25) is 29.0 Å². The molecule has 2 aliphatic carbocycles. The van der Waals surface area contributed by atoms with Crippen LogP contribution in [-0.2, 0) is 0 Å². The molecule has 176 valence electrons. The second-order valence-corrected chi connectivity index (χ2v) is 9.18. The number of fused-ring (bicyclic) bond motifs is 2. The average Bonchev–Trinajstić information content (AvgIpc) is 3.58. The van der Waals surface area contributed by atoms with Crippen molar-refractivity contribution in [1.82, 2.24) is 9.80 Å². The van der Waals surface area contributed by atoms with Crippen molar-refractivity contribution in [1.29, 1.82) is 0 Å². The molecule has 0 aromatic heterocycles. The van der Waals surface area contributed by atoms with Crippen LogP contribution in [-0.4, -0.2) is 67.9 Å². The minimum absolute atomic E-state index is 0.267. The first-order valence-electron chi connectivity index (χ1n) is 11.7. The Kier molecular flexibility index (Phi) is 5.79. The summed E-state index contributed by atoms with van der Waals surface area (Å²) >= 11 is 0. The number of hydrogen-bond acceptors (Lipinski definition) is 6. The van der Waals surface area contributed by atoms with Gasteiger partial charge in [-0.05, 0) is 62.8 Å². The van der Waals surface area contributed by atoms with E-state index in [1.807, 2.05) is 0 Å². The molecule has 0 spiro atoms. The minimum Gasteiger partial charge on any atom is -0.391 e. The zero-order valence-corrected chi connectivity index (χ0v) is 18.6. The molecule has 2 heterocycles. The maximum Gasteiger partial charge on any atom is 0.261 e. The first kappa shape index (κ1) is 22.4. The highest BCUT2D eigenvalue weighted by molar-refractivity contribution is 6.22. The summed E-state index contributed by atoms with van der Waals surface area (Å²) in [6.07, 6.45) is 3.31. The number of hydrogen-bond donors (Lipinski definition) is 2. The largest absolute Gasteiger partial charge is 0.391 e. The molecule has 8 heteroatoms. The van der Waals surface area contributed by atoms with E-state index in [1.54, 1.807) is 48.5 Å². The van der Waals surface area contributed by atoms with E-state index in [-0.39, 0.29) is 35.7 Å². The summed E-state index contributed by atoms with van der Waals surface area (Å²) < 4.78 is 0. The zero-order valence-electron chi connectivity index (χ0n) is 18.6. The molecule has 8 nitrogen and oxygen atoms in total. The summed E-state index contributed by atoms with van der Waals surface area (Å²) in [6, 6.07) is 13.0. The Bertz CT molecular complexity index is 1020. The van der Waals surface area contributed by atoms with Gasteiger partial charge in [0.1, 0.15) is 0 Å². The van der Waals surface area contributed by atoms with Crippen LogP contribution in [0.3, 0.4) is 0 Å². The molecule has 2 aromatic carbocycles. The summed E-state index contributed by atoms with van der Waals surface area (Å²) in [5, 5.41) is 19.6. The van der Waals surface area contributed by atoms with Gasteiger partial charge in [0.25, 0.3) is 23.6 Å². The summed E-state index contributed by atoms with van der Waals surface area (Å²) in [4.78, 5) is 51.0. The van der Waals surface area contributed by atoms with Gasteiger partial charge in [-0.15, -0.1) is 0 Å². The lowest BCUT2D eigenvalue weighted by molar-refractivity contribution is 0.0408. The number of aliphatic hydroxyl groups is 2. The summed E-state index contributed by atoms with van der Waals surface area (Å²) in [5.41, 5.74) is 1.82. The van der Waals surface area contributed by atoms with Crippen molar-refractivity contribution in [3.63, 3.8) is 0 Å². The van der Waals surface area contributed by atoms with Gasteiger partial charge < -0.3 is 10.2 Å². The molecule has 2 N–H and O–H groups in total. The molecule has 2 fully saturated rings. The second-order valence-electron chi connectivity index (χ2n) is 9.18. The molecule has 34 heavy (non-hydrogen) atoms. The lowest BCUT2D eigenvalue weighted by atomic mass is 10.1. The molecule has 2 saturated carbocycles. The Balaban J connectivity index is 0.000000142. The standard InChI is InChI=1S/2C13H13NO3/c2*15-11-7-3-6-10(11)14-12(16)8-4-1-2-5-9(8)13(14)17/h2*1-2,4-5,10-11,15H,3,6-7H2/t2*10-,11-/m10/s1. The molecule has 6 rings (SSSR count). The van der Waals surface area contributed by atoms with Crippen LogP contribution in [0.4, 0.5) is 0 Å².